The summed E-state index contributed by atoms with van der Waals surface area (Å²) < 4.78 is 23.7. The van der Waals surface area contributed by atoms with Crippen molar-refractivity contribution in [3.63, 3.8) is 0 Å². The van der Waals surface area contributed by atoms with Crippen LogP contribution in [0.15, 0.2) is 4.90 Å². The predicted molar refractivity (Wildman–Crippen MR) is 78.3 cm³/mol. The molecule has 1 aromatic rings. The molecule has 0 aromatic carbocycles. The summed E-state index contributed by atoms with van der Waals surface area (Å²) in [7, 11) is -4.01. The number of nitrogens with two attached hydrogens (primary N) is 1. The van der Waals surface area contributed by atoms with E-state index in [1.807, 2.05) is 20.8 Å². The van der Waals surface area contributed by atoms with E-state index in [2.05, 4.69) is 17.1 Å². The Labute approximate surface area is 124 Å². The highest BCUT2D eigenvalue weighted by atomic mass is 32.2. The molecule has 118 valence electrons. The van der Waals surface area contributed by atoms with Gasteiger partial charge in [0.1, 0.15) is 4.90 Å². The van der Waals surface area contributed by atoms with E-state index >= 15 is 0 Å². The number of sulfonamides is 1. The van der Waals surface area contributed by atoms with E-state index in [1.165, 1.54) is 0 Å². The summed E-state index contributed by atoms with van der Waals surface area (Å²) >= 11 is 0. The van der Waals surface area contributed by atoms with Crippen LogP contribution in [0.4, 0.5) is 0 Å². The SMILES string of the molecule is CC1CC(C)N(C(=O)c2n[nH]c(C(C)C)c2S(N)(=O)=O)C1. The van der Waals surface area contributed by atoms with Crippen molar-refractivity contribution in [1.29, 1.82) is 0 Å². The number of aromatic nitrogens is 2. The van der Waals surface area contributed by atoms with Crippen molar-refractivity contribution < 1.29 is 13.2 Å². The largest absolute Gasteiger partial charge is 0.334 e. The molecule has 1 aliphatic heterocycles. The van der Waals surface area contributed by atoms with Crippen LogP contribution < -0.4 is 5.14 Å². The zero-order chi connectivity index (χ0) is 15.9. The van der Waals surface area contributed by atoms with E-state index in [0.717, 1.165) is 6.42 Å². The molecule has 0 saturated carbocycles. The molecule has 1 aromatic heterocycles. The average molecular weight is 314 g/mol. The maximum Gasteiger partial charge on any atom is 0.276 e. The Kier molecular flexibility index (Phi) is 4.12. The van der Waals surface area contributed by atoms with Crippen molar-refractivity contribution in [2.45, 2.75) is 51.0 Å². The Morgan fingerprint density at radius 2 is 2.05 bits per heavy atom. The third-order valence-corrected chi connectivity index (χ3v) is 4.84. The van der Waals surface area contributed by atoms with Crippen molar-refractivity contribution in [3.8, 4) is 0 Å². The topological polar surface area (TPSA) is 109 Å². The van der Waals surface area contributed by atoms with E-state index in [9.17, 15) is 13.2 Å². The van der Waals surface area contributed by atoms with Gasteiger partial charge in [-0.3, -0.25) is 9.89 Å². The molecule has 2 rings (SSSR count). The van der Waals surface area contributed by atoms with Gasteiger partial charge in [0.25, 0.3) is 5.91 Å². The average Bonchev–Trinajstić information content (AvgIpc) is 2.91. The number of nitrogens with one attached hydrogen (secondary N) is 1. The molecule has 0 bridgehead atoms. The molecule has 3 N–H and O–H groups in total. The van der Waals surface area contributed by atoms with Crippen LogP contribution >= 0.6 is 0 Å². The zero-order valence-corrected chi connectivity index (χ0v) is 13.6. The standard InChI is InChI=1S/C13H22N4O3S/c1-7(2)10-12(21(14,19)20)11(16-15-10)13(18)17-6-8(3)5-9(17)4/h7-9H,5-6H2,1-4H3,(H,15,16)(H2,14,19,20). The van der Waals surface area contributed by atoms with Crippen LogP contribution in [0.3, 0.4) is 0 Å². The van der Waals surface area contributed by atoms with Gasteiger partial charge in [0, 0.05) is 12.6 Å². The molecule has 1 fully saturated rings. The first kappa shape index (κ1) is 16.0. The number of carbonyl (C=O) groups excluding carboxylic acids is 1. The summed E-state index contributed by atoms with van der Waals surface area (Å²) in [6.07, 6.45) is 0.901. The number of carbonyl (C=O) groups is 1. The molecule has 1 aliphatic rings. The van der Waals surface area contributed by atoms with Crippen LogP contribution in [0, 0.1) is 5.92 Å². The molecule has 2 atom stereocenters. The van der Waals surface area contributed by atoms with Gasteiger partial charge >= 0.3 is 0 Å². The first-order chi connectivity index (χ1) is 9.62. The molecule has 0 aliphatic carbocycles. The normalized spacial score (nSPS) is 23.0. The second-order valence-corrected chi connectivity index (χ2v) is 7.66. The molecule has 1 saturated heterocycles. The summed E-state index contributed by atoms with van der Waals surface area (Å²) in [5, 5.41) is 11.9. The summed E-state index contributed by atoms with van der Waals surface area (Å²) in [6, 6.07) is 0.0695. The molecular weight excluding hydrogens is 292 g/mol. The number of hydrogen-bond donors (Lipinski definition) is 2. The number of nitrogens with zero attached hydrogens (tertiary/aromatic N) is 2. The van der Waals surface area contributed by atoms with Gasteiger partial charge in [-0.25, -0.2) is 13.6 Å². The number of amides is 1. The molecule has 8 heteroatoms. The Hall–Kier alpha value is -1.41. The van der Waals surface area contributed by atoms with Gasteiger partial charge in [0.15, 0.2) is 5.69 Å². The van der Waals surface area contributed by atoms with Crippen LogP contribution in [0.25, 0.3) is 0 Å². The minimum absolute atomic E-state index is 0.0695. The number of rotatable bonds is 3. The lowest BCUT2D eigenvalue weighted by atomic mass is 10.1. The second kappa shape index (κ2) is 5.42. The van der Waals surface area contributed by atoms with E-state index in [1.54, 1.807) is 4.90 Å². The Balaban J connectivity index is 2.48. The summed E-state index contributed by atoms with van der Waals surface area (Å²) in [6.45, 7) is 8.25. The molecule has 7 nitrogen and oxygen atoms in total. The van der Waals surface area contributed by atoms with Crippen LogP contribution in [0.2, 0.25) is 0 Å². The first-order valence-corrected chi connectivity index (χ1v) is 8.59. The smallest absolute Gasteiger partial charge is 0.276 e. The highest BCUT2D eigenvalue weighted by molar-refractivity contribution is 7.89. The third-order valence-electron chi connectivity index (χ3n) is 3.86. The minimum Gasteiger partial charge on any atom is -0.334 e. The minimum atomic E-state index is -4.01. The fourth-order valence-electron chi connectivity index (χ4n) is 2.89. The van der Waals surface area contributed by atoms with Gasteiger partial charge in [-0.15, -0.1) is 0 Å². The van der Waals surface area contributed by atoms with Gasteiger partial charge in [0.05, 0.1) is 5.69 Å². The van der Waals surface area contributed by atoms with Crippen molar-refractivity contribution >= 4 is 15.9 Å². The lowest BCUT2D eigenvalue weighted by Crippen LogP contribution is -2.35. The van der Waals surface area contributed by atoms with Crippen LogP contribution in [-0.2, 0) is 10.0 Å². The van der Waals surface area contributed by atoms with Gasteiger partial charge in [-0.2, -0.15) is 5.10 Å². The number of primary sulfonamides is 1. The van der Waals surface area contributed by atoms with Gasteiger partial charge in [0.2, 0.25) is 10.0 Å². The molecule has 2 heterocycles. The molecule has 0 spiro atoms. The van der Waals surface area contributed by atoms with Crippen LogP contribution in [-0.4, -0.2) is 42.0 Å². The highest BCUT2D eigenvalue weighted by Crippen LogP contribution is 2.28. The molecule has 2 unspecified atom stereocenters. The zero-order valence-electron chi connectivity index (χ0n) is 12.8. The fraction of sp³-hybridized carbons (Fsp3) is 0.692. The van der Waals surface area contributed by atoms with Crippen molar-refractivity contribution in [1.82, 2.24) is 15.1 Å². The summed E-state index contributed by atoms with van der Waals surface area (Å²) in [5.41, 5.74) is 0.280. The Morgan fingerprint density at radius 1 is 1.43 bits per heavy atom. The number of likely N-dealkylation sites (tertiary alicyclic amines) is 1. The van der Waals surface area contributed by atoms with Crippen molar-refractivity contribution in [2.24, 2.45) is 11.1 Å². The van der Waals surface area contributed by atoms with E-state index < -0.39 is 10.0 Å². The Bertz CT molecular complexity index is 650. The predicted octanol–water partition coefficient (Wildman–Crippen LogP) is 1.05. The number of hydrogen-bond acceptors (Lipinski definition) is 4. The third kappa shape index (κ3) is 2.96. The fourth-order valence-corrected chi connectivity index (χ4v) is 3.88. The van der Waals surface area contributed by atoms with E-state index in [4.69, 9.17) is 5.14 Å². The monoisotopic (exact) mass is 314 g/mol. The van der Waals surface area contributed by atoms with E-state index in [0.29, 0.717) is 18.2 Å². The molecular formula is C13H22N4O3S. The maximum absolute atomic E-state index is 12.6. The van der Waals surface area contributed by atoms with Gasteiger partial charge in [-0.1, -0.05) is 20.8 Å². The van der Waals surface area contributed by atoms with Gasteiger partial charge in [-0.05, 0) is 25.2 Å². The lowest BCUT2D eigenvalue weighted by Gasteiger charge is -2.20. The molecule has 1 amide bonds. The Morgan fingerprint density at radius 3 is 2.48 bits per heavy atom. The first-order valence-electron chi connectivity index (χ1n) is 7.05. The number of aromatic amines is 1. The molecule has 21 heavy (non-hydrogen) atoms. The highest BCUT2D eigenvalue weighted by Gasteiger charge is 2.36. The van der Waals surface area contributed by atoms with Gasteiger partial charge < -0.3 is 4.90 Å². The van der Waals surface area contributed by atoms with E-state index in [-0.39, 0.29) is 28.5 Å². The van der Waals surface area contributed by atoms with Crippen LogP contribution in [0.1, 0.15) is 56.2 Å². The second-order valence-electron chi connectivity index (χ2n) is 6.16. The summed E-state index contributed by atoms with van der Waals surface area (Å²) in [4.78, 5) is 14.1. The lowest BCUT2D eigenvalue weighted by molar-refractivity contribution is 0.0734. The maximum atomic E-state index is 12.6. The molecule has 0 radical (unpaired) electrons. The number of H-pyrrole nitrogens is 1. The quantitative estimate of drug-likeness (QED) is 0.869. The van der Waals surface area contributed by atoms with Crippen LogP contribution in [0.5, 0.6) is 0 Å². The van der Waals surface area contributed by atoms with Crippen molar-refractivity contribution in [2.75, 3.05) is 6.54 Å². The van der Waals surface area contributed by atoms with Crippen molar-refractivity contribution in [3.05, 3.63) is 11.4 Å². The summed E-state index contributed by atoms with van der Waals surface area (Å²) in [5.74, 6) is -0.105.